The number of carbonyl (C=O) groups excluding carboxylic acids is 2. The van der Waals surface area contributed by atoms with Crippen molar-refractivity contribution in [1.82, 2.24) is 20.3 Å². The van der Waals surface area contributed by atoms with Crippen LogP contribution in [0.4, 0.5) is 5.82 Å². The van der Waals surface area contributed by atoms with Crippen LogP contribution < -0.4 is 25.4 Å². The van der Waals surface area contributed by atoms with Gasteiger partial charge in [0, 0.05) is 31.9 Å². The van der Waals surface area contributed by atoms with E-state index in [0.29, 0.717) is 49.1 Å². The van der Waals surface area contributed by atoms with Crippen LogP contribution >= 0.6 is 23.2 Å². The number of nitrogens with two attached hydrogens (primary N) is 1. The number of nitrogens with one attached hydrogen (secondary N) is 2. The molecule has 0 unspecified atom stereocenters. The topological polar surface area (TPSA) is 145 Å². The van der Waals surface area contributed by atoms with Gasteiger partial charge in [-0.1, -0.05) is 23.2 Å². The number of primary amides is 1. The Kier molecular flexibility index (Phi) is 8.22. The van der Waals surface area contributed by atoms with Gasteiger partial charge in [0.15, 0.2) is 17.3 Å². The van der Waals surface area contributed by atoms with E-state index in [4.69, 9.17) is 43.1 Å². The Labute approximate surface area is 200 Å². The summed E-state index contributed by atoms with van der Waals surface area (Å²) in [7, 11) is 2.96. The number of H-pyrrole nitrogens is 1. The minimum Gasteiger partial charge on any atom is -0.491 e. The van der Waals surface area contributed by atoms with Crippen LogP contribution in [-0.2, 0) is 4.74 Å². The van der Waals surface area contributed by atoms with E-state index in [-0.39, 0.29) is 46.7 Å². The standard InChI is InChI=1S/C20H26Cl2N6O5/c1-10-12(21)13(22)14(24-10)19(30)25-11-4-6-28(7-5-11)18-16(32-3)15(17(23)29)26-20(27-18)33-9-8-31-2/h11,24H,4-9H2,1-3H3,(H2,23,29)(H,25,30). The molecule has 3 heterocycles. The number of aryl methyl sites for hydroxylation is 1. The van der Waals surface area contributed by atoms with Crippen molar-refractivity contribution in [3.05, 3.63) is 27.1 Å². The second-order valence-electron chi connectivity index (χ2n) is 7.40. The number of carbonyl (C=O) groups is 2. The molecule has 4 N–H and O–H groups in total. The SMILES string of the molecule is COCCOc1nc(C(N)=O)c(OC)c(N2CCC(NC(=O)c3[nH]c(C)c(Cl)c3Cl)CC2)n1. The van der Waals surface area contributed by atoms with Crippen LogP contribution in [0, 0.1) is 6.92 Å². The van der Waals surface area contributed by atoms with Crippen molar-refractivity contribution < 1.29 is 23.8 Å². The second-order valence-corrected chi connectivity index (χ2v) is 8.16. The fourth-order valence-electron chi connectivity index (χ4n) is 3.49. The first-order valence-electron chi connectivity index (χ1n) is 10.2. The molecule has 13 heteroatoms. The maximum atomic E-state index is 12.6. The Morgan fingerprint density at radius 3 is 2.42 bits per heavy atom. The monoisotopic (exact) mass is 500 g/mol. The summed E-state index contributed by atoms with van der Waals surface area (Å²) < 4.78 is 15.9. The van der Waals surface area contributed by atoms with Gasteiger partial charge in [-0.2, -0.15) is 9.97 Å². The molecule has 1 fully saturated rings. The lowest BCUT2D eigenvalue weighted by Crippen LogP contribution is -2.45. The lowest BCUT2D eigenvalue weighted by Gasteiger charge is -2.34. The lowest BCUT2D eigenvalue weighted by molar-refractivity contribution is 0.0925. The maximum Gasteiger partial charge on any atom is 0.319 e. The predicted octanol–water partition coefficient (Wildman–Crippen LogP) is 1.95. The van der Waals surface area contributed by atoms with Crippen LogP contribution in [0.2, 0.25) is 10.0 Å². The van der Waals surface area contributed by atoms with Gasteiger partial charge >= 0.3 is 6.01 Å². The average Bonchev–Trinajstić information content (AvgIpc) is 3.06. The molecule has 1 saturated heterocycles. The molecular weight excluding hydrogens is 475 g/mol. The zero-order valence-corrected chi connectivity index (χ0v) is 20.0. The molecule has 2 aromatic rings. The first kappa shape index (κ1) is 24.9. The zero-order valence-electron chi connectivity index (χ0n) is 18.5. The molecule has 0 spiro atoms. The molecule has 2 amide bonds. The van der Waals surface area contributed by atoms with Crippen molar-refractivity contribution in [3.8, 4) is 11.8 Å². The number of amides is 2. The highest BCUT2D eigenvalue weighted by Gasteiger charge is 2.29. The molecule has 1 aliphatic rings. The van der Waals surface area contributed by atoms with Crippen LogP contribution in [0.3, 0.4) is 0 Å². The Hall–Kier alpha value is -2.76. The van der Waals surface area contributed by atoms with Crippen LogP contribution in [0.15, 0.2) is 0 Å². The number of methoxy groups -OCH3 is 2. The number of hydrogen-bond acceptors (Lipinski definition) is 8. The third kappa shape index (κ3) is 5.60. The van der Waals surface area contributed by atoms with Crippen LogP contribution in [-0.4, -0.2) is 73.3 Å². The summed E-state index contributed by atoms with van der Waals surface area (Å²) in [6.07, 6.45) is 1.24. The van der Waals surface area contributed by atoms with Crippen molar-refractivity contribution in [2.24, 2.45) is 5.73 Å². The smallest absolute Gasteiger partial charge is 0.319 e. The predicted molar refractivity (Wildman–Crippen MR) is 123 cm³/mol. The van der Waals surface area contributed by atoms with Gasteiger partial charge in [0.25, 0.3) is 11.8 Å². The Morgan fingerprint density at radius 2 is 1.88 bits per heavy atom. The zero-order chi connectivity index (χ0) is 24.1. The van der Waals surface area contributed by atoms with Crippen molar-refractivity contribution in [2.75, 3.05) is 45.4 Å². The Morgan fingerprint density at radius 1 is 1.18 bits per heavy atom. The first-order valence-corrected chi connectivity index (χ1v) is 11.0. The van der Waals surface area contributed by atoms with Gasteiger partial charge in [-0.05, 0) is 19.8 Å². The summed E-state index contributed by atoms with van der Waals surface area (Å²) in [5, 5.41) is 3.51. The minimum absolute atomic E-state index is 0.000659. The molecule has 0 bridgehead atoms. The van der Waals surface area contributed by atoms with Crippen LogP contribution in [0.25, 0.3) is 0 Å². The molecule has 11 nitrogen and oxygen atoms in total. The molecule has 0 saturated carbocycles. The Bertz CT molecular complexity index is 1020. The summed E-state index contributed by atoms with van der Waals surface area (Å²) in [5.41, 5.74) is 6.29. The molecule has 3 rings (SSSR count). The number of aromatic nitrogens is 3. The summed E-state index contributed by atoms with van der Waals surface area (Å²) in [4.78, 5) is 37.9. The summed E-state index contributed by atoms with van der Waals surface area (Å²) >= 11 is 12.2. The second kappa shape index (κ2) is 10.9. The van der Waals surface area contributed by atoms with Gasteiger partial charge in [-0.25, -0.2) is 0 Å². The fourth-order valence-corrected chi connectivity index (χ4v) is 3.91. The highest BCUT2D eigenvalue weighted by Crippen LogP contribution is 2.33. The molecule has 0 atom stereocenters. The molecule has 33 heavy (non-hydrogen) atoms. The van der Waals surface area contributed by atoms with Gasteiger partial charge in [-0.15, -0.1) is 0 Å². The normalized spacial score (nSPS) is 14.3. The average molecular weight is 501 g/mol. The van der Waals surface area contributed by atoms with Gasteiger partial charge in [0.2, 0.25) is 0 Å². The molecular formula is C20H26Cl2N6O5. The van der Waals surface area contributed by atoms with Crippen molar-refractivity contribution >= 4 is 40.8 Å². The molecule has 0 aromatic carbocycles. The molecule has 180 valence electrons. The third-order valence-corrected chi connectivity index (χ3v) is 6.14. The number of rotatable bonds is 9. The minimum atomic E-state index is -0.758. The lowest BCUT2D eigenvalue weighted by atomic mass is 10.0. The van der Waals surface area contributed by atoms with Gasteiger partial charge in [0.1, 0.15) is 12.3 Å². The largest absolute Gasteiger partial charge is 0.491 e. The third-order valence-electron chi connectivity index (χ3n) is 5.19. The summed E-state index contributed by atoms with van der Waals surface area (Å²) in [6.45, 7) is 3.35. The van der Waals surface area contributed by atoms with E-state index in [2.05, 4.69) is 20.3 Å². The molecule has 0 radical (unpaired) electrons. The highest BCUT2D eigenvalue weighted by atomic mass is 35.5. The van der Waals surface area contributed by atoms with Crippen molar-refractivity contribution in [1.29, 1.82) is 0 Å². The van der Waals surface area contributed by atoms with E-state index >= 15 is 0 Å². The van der Waals surface area contributed by atoms with E-state index in [0.717, 1.165) is 0 Å². The quantitative estimate of drug-likeness (QED) is 0.443. The fraction of sp³-hybridized carbons (Fsp3) is 0.500. The van der Waals surface area contributed by atoms with Gasteiger partial charge in [-0.3, -0.25) is 9.59 Å². The molecule has 1 aliphatic heterocycles. The molecule has 2 aromatic heterocycles. The maximum absolute atomic E-state index is 12.6. The van der Waals surface area contributed by atoms with E-state index in [1.54, 1.807) is 14.0 Å². The van der Waals surface area contributed by atoms with E-state index < -0.39 is 5.91 Å². The Balaban J connectivity index is 1.73. The molecule has 0 aliphatic carbocycles. The summed E-state index contributed by atoms with van der Waals surface area (Å²) in [6, 6.07) is -0.0891. The van der Waals surface area contributed by atoms with Crippen LogP contribution in [0.1, 0.15) is 39.5 Å². The first-order chi connectivity index (χ1) is 15.8. The number of piperidine rings is 1. The number of nitrogens with zero attached hydrogens (tertiary/aromatic N) is 3. The number of anilines is 1. The van der Waals surface area contributed by atoms with E-state index in [9.17, 15) is 9.59 Å². The van der Waals surface area contributed by atoms with Crippen LogP contribution in [0.5, 0.6) is 11.8 Å². The van der Waals surface area contributed by atoms with Crippen molar-refractivity contribution in [2.45, 2.75) is 25.8 Å². The summed E-state index contributed by atoms with van der Waals surface area (Å²) in [5.74, 6) is -0.510. The van der Waals surface area contributed by atoms with E-state index in [1.807, 2.05) is 4.90 Å². The number of ether oxygens (including phenoxy) is 3. The number of halogens is 2. The van der Waals surface area contributed by atoms with E-state index in [1.165, 1.54) is 7.11 Å². The van der Waals surface area contributed by atoms with Gasteiger partial charge < -0.3 is 35.1 Å². The van der Waals surface area contributed by atoms with Gasteiger partial charge in [0.05, 0.1) is 23.8 Å². The highest BCUT2D eigenvalue weighted by molar-refractivity contribution is 6.44. The number of aromatic amines is 1. The van der Waals surface area contributed by atoms with Crippen molar-refractivity contribution in [3.63, 3.8) is 0 Å². The number of hydrogen-bond donors (Lipinski definition) is 3.